The summed E-state index contributed by atoms with van der Waals surface area (Å²) in [7, 11) is 0. The number of carbonyl (C=O) groups is 3. The number of hydrogen-bond acceptors (Lipinski definition) is 8. The van der Waals surface area contributed by atoms with Gasteiger partial charge in [0.1, 0.15) is 29.3 Å². The van der Waals surface area contributed by atoms with E-state index in [0.717, 1.165) is 55.6 Å². The van der Waals surface area contributed by atoms with E-state index in [4.69, 9.17) is 18.9 Å². The summed E-state index contributed by atoms with van der Waals surface area (Å²) < 4.78 is 22.4. The zero-order valence-electron chi connectivity index (χ0n) is 30.8. The lowest BCUT2D eigenvalue weighted by molar-refractivity contribution is -0.122. The van der Waals surface area contributed by atoms with Crippen molar-refractivity contribution in [2.75, 3.05) is 13.2 Å². The number of hydrogen-bond donors (Lipinski definition) is 3. The summed E-state index contributed by atoms with van der Waals surface area (Å²) in [6.07, 6.45) is 4.18. The van der Waals surface area contributed by atoms with Gasteiger partial charge in [-0.15, -0.1) is 0 Å². The molecule has 0 radical (unpaired) electrons. The number of benzene rings is 3. The average Bonchev–Trinajstić information content (AvgIpc) is 3.06. The first-order chi connectivity index (χ1) is 24.3. The Balaban J connectivity index is 1.42. The second-order valence-electron chi connectivity index (χ2n) is 14.1. The van der Waals surface area contributed by atoms with Crippen LogP contribution in [0.4, 0.5) is 9.59 Å². The minimum Gasteiger partial charge on any atom is -0.494 e. The molecule has 0 aliphatic rings. The molecule has 0 saturated heterocycles. The van der Waals surface area contributed by atoms with Crippen molar-refractivity contribution in [3.05, 3.63) is 96.1 Å². The van der Waals surface area contributed by atoms with E-state index in [-0.39, 0.29) is 11.9 Å². The van der Waals surface area contributed by atoms with Crippen LogP contribution in [0.1, 0.15) is 97.2 Å². The summed E-state index contributed by atoms with van der Waals surface area (Å²) in [4.78, 5) is 43.1. The van der Waals surface area contributed by atoms with E-state index in [1.807, 2.05) is 60.7 Å². The fraction of sp³-hybridized carbons (Fsp3) is 0.450. The van der Waals surface area contributed by atoms with Gasteiger partial charge < -0.3 is 24.3 Å². The summed E-state index contributed by atoms with van der Waals surface area (Å²) >= 11 is 0. The number of rotatable bonds is 16. The molecule has 3 N–H and O–H groups in total. The molecule has 0 aliphatic carbocycles. The minimum absolute atomic E-state index is 0.267. The molecule has 276 valence electrons. The Morgan fingerprint density at radius 2 is 1.12 bits per heavy atom. The number of aliphatic imine (C=N–C) groups is 1. The number of nitrogens with one attached hydrogen (secondary N) is 3. The van der Waals surface area contributed by atoms with Gasteiger partial charge in [-0.2, -0.15) is 0 Å². The van der Waals surface area contributed by atoms with Crippen LogP contribution in [0.25, 0.3) is 0 Å². The molecule has 51 heavy (non-hydrogen) atoms. The predicted molar refractivity (Wildman–Crippen MR) is 199 cm³/mol. The Morgan fingerprint density at radius 3 is 1.67 bits per heavy atom. The molecule has 3 aromatic rings. The van der Waals surface area contributed by atoms with Crippen LogP contribution in [0.5, 0.6) is 11.5 Å². The molecular weight excluding hydrogens is 648 g/mol. The Bertz CT molecular complexity index is 1480. The normalized spacial score (nSPS) is 11.8. The van der Waals surface area contributed by atoms with E-state index in [1.165, 1.54) is 0 Å². The molecule has 0 unspecified atom stereocenters. The van der Waals surface area contributed by atoms with Crippen LogP contribution in [0.2, 0.25) is 0 Å². The summed E-state index contributed by atoms with van der Waals surface area (Å²) in [5.74, 6) is 0.991. The smallest absolute Gasteiger partial charge is 0.414 e. The number of alkyl carbamates (subject to hydrolysis) is 2. The third-order valence-electron chi connectivity index (χ3n) is 7.07. The van der Waals surface area contributed by atoms with Crippen LogP contribution in [0, 0.1) is 0 Å². The van der Waals surface area contributed by atoms with Crippen molar-refractivity contribution in [2.24, 2.45) is 4.99 Å². The zero-order valence-corrected chi connectivity index (χ0v) is 30.8. The van der Waals surface area contributed by atoms with Gasteiger partial charge in [-0.1, -0.05) is 86.3 Å². The highest BCUT2D eigenvalue weighted by molar-refractivity contribution is 6.02. The molecule has 0 aliphatic heterocycles. The molecule has 3 amide bonds. The maximum Gasteiger partial charge on any atom is 0.414 e. The first kappa shape index (κ1) is 40.4. The van der Waals surface area contributed by atoms with Gasteiger partial charge in [0.15, 0.2) is 6.04 Å². The number of amides is 3. The first-order valence-electron chi connectivity index (χ1n) is 17.6. The quantitative estimate of drug-likeness (QED) is 0.0777. The fourth-order valence-electron chi connectivity index (χ4n) is 4.75. The number of ether oxygens (including phenoxy) is 4. The molecule has 1 atom stereocenters. The third kappa shape index (κ3) is 17.4. The highest BCUT2D eigenvalue weighted by Crippen LogP contribution is 2.20. The number of carbonyl (C=O) groups excluding carboxylic acids is 3. The van der Waals surface area contributed by atoms with Crippen LogP contribution in [0.3, 0.4) is 0 Å². The van der Waals surface area contributed by atoms with Crippen molar-refractivity contribution >= 4 is 24.1 Å². The molecular formula is C40H54N4O7. The monoisotopic (exact) mass is 702 g/mol. The third-order valence-corrected chi connectivity index (χ3v) is 7.07. The Hall–Kier alpha value is -5.06. The van der Waals surface area contributed by atoms with Crippen LogP contribution in [-0.4, -0.2) is 48.4 Å². The van der Waals surface area contributed by atoms with Gasteiger partial charge in [-0.3, -0.25) is 15.4 Å². The minimum atomic E-state index is -1.05. The van der Waals surface area contributed by atoms with Gasteiger partial charge in [0.2, 0.25) is 11.9 Å². The lowest BCUT2D eigenvalue weighted by Crippen LogP contribution is -2.47. The second kappa shape index (κ2) is 20.6. The lowest BCUT2D eigenvalue weighted by atomic mass is 10.1. The lowest BCUT2D eigenvalue weighted by Gasteiger charge is -2.23. The van der Waals surface area contributed by atoms with Crippen LogP contribution >= 0.6 is 0 Å². The van der Waals surface area contributed by atoms with E-state index < -0.39 is 29.4 Å². The molecule has 0 spiro atoms. The Morgan fingerprint density at radius 1 is 0.627 bits per heavy atom. The van der Waals surface area contributed by atoms with Crippen molar-refractivity contribution in [3.63, 3.8) is 0 Å². The topological polar surface area (TPSA) is 137 Å². The van der Waals surface area contributed by atoms with E-state index in [9.17, 15) is 14.4 Å². The molecule has 0 saturated carbocycles. The summed E-state index contributed by atoms with van der Waals surface area (Å²) in [6.45, 7) is 11.9. The van der Waals surface area contributed by atoms with Crippen LogP contribution < -0.4 is 25.4 Å². The van der Waals surface area contributed by atoms with Crippen molar-refractivity contribution in [2.45, 2.75) is 104 Å². The largest absolute Gasteiger partial charge is 0.494 e. The summed E-state index contributed by atoms with van der Waals surface area (Å²) in [5.41, 5.74) is 0.119. The van der Waals surface area contributed by atoms with Crippen LogP contribution in [0.15, 0.2) is 89.9 Å². The van der Waals surface area contributed by atoms with E-state index >= 15 is 0 Å². The van der Waals surface area contributed by atoms with Crippen molar-refractivity contribution in [3.8, 4) is 11.5 Å². The van der Waals surface area contributed by atoms with Crippen molar-refractivity contribution < 1.29 is 33.3 Å². The molecule has 11 heteroatoms. The maximum atomic E-state index is 13.4. The standard InChI is InChI=1S/C40H54N4O7/c1-39(2,3)50-37(46)43-36(44-38(47)51-40(4,5)6)42-34(31-21-15-12-16-22-31)35(45)41-27-17-9-7-8-10-18-28-48-32-23-25-33(26-24-32)49-29-30-19-13-11-14-20-30/h11-16,19-26,34H,7-10,17-18,27-29H2,1-6H3,(H,41,45)(H2,42,43,44,46,47)/t34-/m0/s1. The van der Waals surface area contributed by atoms with E-state index in [2.05, 4.69) is 20.9 Å². The van der Waals surface area contributed by atoms with Crippen molar-refractivity contribution in [1.29, 1.82) is 0 Å². The maximum absolute atomic E-state index is 13.4. The molecule has 11 nitrogen and oxygen atoms in total. The zero-order chi connectivity index (χ0) is 37.1. The number of unbranched alkanes of at least 4 members (excludes halogenated alkanes) is 5. The van der Waals surface area contributed by atoms with E-state index in [1.54, 1.807) is 65.8 Å². The number of nitrogens with zero attached hydrogens (tertiary/aromatic N) is 1. The molecule has 3 rings (SSSR count). The number of guanidine groups is 1. The molecule has 0 heterocycles. The van der Waals surface area contributed by atoms with Gasteiger partial charge in [-0.25, -0.2) is 14.6 Å². The molecule has 3 aromatic carbocycles. The molecule has 0 fully saturated rings. The SMILES string of the molecule is CC(C)(C)OC(=O)NC(=N[C@H](C(=O)NCCCCCCCCOc1ccc(OCc2ccccc2)cc1)c1ccccc1)NC(=O)OC(C)(C)C. The summed E-state index contributed by atoms with van der Waals surface area (Å²) in [5, 5.41) is 7.86. The fourth-order valence-corrected chi connectivity index (χ4v) is 4.75. The average molecular weight is 703 g/mol. The predicted octanol–water partition coefficient (Wildman–Crippen LogP) is 8.25. The van der Waals surface area contributed by atoms with Gasteiger partial charge in [0.25, 0.3) is 0 Å². The van der Waals surface area contributed by atoms with Gasteiger partial charge in [-0.05, 0) is 89.8 Å². The molecule has 0 bridgehead atoms. The Kier molecular flexibility index (Phi) is 16.3. The Labute approximate surface area is 302 Å². The highest BCUT2D eigenvalue weighted by atomic mass is 16.6. The van der Waals surface area contributed by atoms with Crippen molar-refractivity contribution in [1.82, 2.24) is 16.0 Å². The second-order valence-corrected chi connectivity index (χ2v) is 14.1. The van der Waals surface area contributed by atoms with Gasteiger partial charge >= 0.3 is 12.2 Å². The van der Waals surface area contributed by atoms with E-state index in [0.29, 0.717) is 25.3 Å². The molecule has 0 aromatic heterocycles. The van der Waals surface area contributed by atoms with Gasteiger partial charge in [0, 0.05) is 6.54 Å². The first-order valence-corrected chi connectivity index (χ1v) is 17.6. The summed E-state index contributed by atoms with van der Waals surface area (Å²) in [6, 6.07) is 25.6. The van der Waals surface area contributed by atoms with Crippen LogP contribution in [-0.2, 0) is 20.9 Å². The van der Waals surface area contributed by atoms with Gasteiger partial charge in [0.05, 0.1) is 6.61 Å². The highest BCUT2D eigenvalue weighted by Gasteiger charge is 2.25.